The molecule has 5 heteroatoms. The highest BCUT2D eigenvalue weighted by molar-refractivity contribution is 6.02. The van der Waals surface area contributed by atoms with Crippen molar-refractivity contribution in [3.05, 3.63) is 30.3 Å². The van der Waals surface area contributed by atoms with Gasteiger partial charge in [-0.2, -0.15) is 0 Å². The molecule has 3 amide bonds. The average Bonchev–Trinajstić information content (AvgIpc) is 2.79. The number of hydrogen-bond acceptors (Lipinski definition) is 3. The quantitative estimate of drug-likeness (QED) is 0.820. The number of nitrogens with one attached hydrogen (secondary N) is 1. The number of benzene rings is 1. The topological polar surface area (TPSA) is 52.7 Å². The van der Waals surface area contributed by atoms with Crippen molar-refractivity contribution in [2.75, 3.05) is 24.5 Å². The van der Waals surface area contributed by atoms with E-state index in [1.54, 1.807) is 4.90 Å². The van der Waals surface area contributed by atoms with E-state index in [0.717, 1.165) is 25.9 Å². The fraction of sp³-hybridized carbons (Fsp3) is 0.429. The van der Waals surface area contributed by atoms with E-state index in [1.807, 2.05) is 18.2 Å². The van der Waals surface area contributed by atoms with Gasteiger partial charge in [0.05, 0.1) is 0 Å². The Labute approximate surface area is 113 Å². The van der Waals surface area contributed by atoms with Crippen LogP contribution >= 0.6 is 0 Å². The van der Waals surface area contributed by atoms with Gasteiger partial charge in [0.2, 0.25) is 5.91 Å². The van der Waals surface area contributed by atoms with Crippen LogP contribution in [0.5, 0.6) is 0 Å². The van der Waals surface area contributed by atoms with E-state index in [9.17, 15) is 9.59 Å². The minimum absolute atomic E-state index is 0. The van der Waals surface area contributed by atoms with Crippen molar-refractivity contribution < 1.29 is 11.0 Å². The molecule has 2 aliphatic rings. The van der Waals surface area contributed by atoms with Gasteiger partial charge in [0.25, 0.3) is 0 Å². The van der Waals surface area contributed by atoms with E-state index in [4.69, 9.17) is 0 Å². The molecule has 0 spiro atoms. The number of anilines is 1. The zero-order valence-corrected chi connectivity index (χ0v) is 10.7. The highest BCUT2D eigenvalue weighted by Gasteiger charge is 2.34. The molecule has 2 heterocycles. The molecule has 2 fully saturated rings. The lowest BCUT2D eigenvalue weighted by Gasteiger charge is -2.37. The minimum Gasteiger partial charge on any atom is -0.371 e. The molecule has 0 unspecified atom stereocenters. The molecular weight excluding hydrogens is 242 g/mol. The van der Waals surface area contributed by atoms with Crippen molar-refractivity contribution in [2.45, 2.75) is 18.9 Å². The third-order valence-electron chi connectivity index (χ3n) is 3.85. The van der Waals surface area contributed by atoms with Crippen molar-refractivity contribution in [3.63, 3.8) is 0 Å². The van der Waals surface area contributed by atoms with E-state index >= 15 is 0 Å². The first-order valence-corrected chi connectivity index (χ1v) is 6.64. The summed E-state index contributed by atoms with van der Waals surface area (Å²) < 4.78 is 0. The first kappa shape index (κ1) is 12.0. The number of hydrogen-bond donors (Lipinski definition) is 1. The van der Waals surface area contributed by atoms with E-state index in [2.05, 4.69) is 22.3 Å². The van der Waals surface area contributed by atoms with Crippen LogP contribution in [0.25, 0.3) is 0 Å². The number of para-hydroxylation sites is 1. The van der Waals surface area contributed by atoms with Gasteiger partial charge in [-0.1, -0.05) is 18.2 Å². The molecule has 0 aliphatic carbocycles. The van der Waals surface area contributed by atoms with E-state index in [-0.39, 0.29) is 26.0 Å². The van der Waals surface area contributed by atoms with E-state index in [1.165, 1.54) is 5.69 Å². The average molecular weight is 261 g/mol. The number of carbonyl (C=O) groups excluding carboxylic acids is 2. The van der Waals surface area contributed by atoms with Crippen LogP contribution in [-0.2, 0) is 4.79 Å². The number of urea groups is 1. The molecule has 102 valence electrons. The van der Waals surface area contributed by atoms with Gasteiger partial charge in [-0.25, -0.2) is 4.79 Å². The molecule has 1 aromatic carbocycles. The third-order valence-corrected chi connectivity index (χ3v) is 3.85. The van der Waals surface area contributed by atoms with Crippen LogP contribution in [0.1, 0.15) is 14.3 Å². The Bertz CT molecular complexity index is 486. The number of piperidine rings is 1. The van der Waals surface area contributed by atoms with Gasteiger partial charge in [-0.3, -0.25) is 10.1 Å². The normalized spacial score (nSPS) is 20.8. The molecule has 2 aliphatic heterocycles. The lowest BCUT2D eigenvalue weighted by molar-refractivity contribution is -0.118. The molecular formula is C14H19N3O2. The van der Waals surface area contributed by atoms with Crippen molar-refractivity contribution in [2.24, 2.45) is 0 Å². The summed E-state index contributed by atoms with van der Waals surface area (Å²) in [6.07, 6.45) is 1.82. The second-order valence-corrected chi connectivity index (χ2v) is 5.04. The summed E-state index contributed by atoms with van der Waals surface area (Å²) in [5.41, 5.74) is 1.22. The van der Waals surface area contributed by atoms with Gasteiger partial charge in [0.1, 0.15) is 6.54 Å². The first-order valence-electron chi connectivity index (χ1n) is 6.64. The van der Waals surface area contributed by atoms with Crippen LogP contribution in [0.3, 0.4) is 0 Å². The van der Waals surface area contributed by atoms with E-state index in [0.29, 0.717) is 0 Å². The Hall–Kier alpha value is -2.04. The van der Waals surface area contributed by atoms with Crippen LogP contribution in [0, 0.1) is 0 Å². The zero-order chi connectivity index (χ0) is 13.2. The van der Waals surface area contributed by atoms with Gasteiger partial charge in [0, 0.05) is 26.2 Å². The van der Waals surface area contributed by atoms with Crippen LogP contribution in [-0.4, -0.2) is 42.5 Å². The van der Waals surface area contributed by atoms with Crippen molar-refractivity contribution in [3.8, 4) is 0 Å². The molecule has 0 radical (unpaired) electrons. The van der Waals surface area contributed by atoms with Gasteiger partial charge in [0.15, 0.2) is 0 Å². The Kier molecular flexibility index (Phi) is 3.11. The van der Waals surface area contributed by atoms with Crippen molar-refractivity contribution in [1.82, 2.24) is 10.2 Å². The molecule has 0 aromatic heterocycles. The van der Waals surface area contributed by atoms with Gasteiger partial charge in [-0.15, -0.1) is 0 Å². The molecule has 2 saturated heterocycles. The molecule has 0 saturated carbocycles. The standard InChI is InChI=1S/C14H17N3O2.H2/c18-13-10-17(14(19)15-13)12-6-8-16(9-7-12)11-4-2-1-3-5-11;/h1-5,12H,6-10H2,(H,15,18,19);1H. The summed E-state index contributed by atoms with van der Waals surface area (Å²) in [5, 5.41) is 2.34. The van der Waals surface area contributed by atoms with Crippen molar-refractivity contribution in [1.29, 1.82) is 0 Å². The summed E-state index contributed by atoms with van der Waals surface area (Å²) in [7, 11) is 0. The molecule has 19 heavy (non-hydrogen) atoms. The third kappa shape index (κ3) is 2.41. The van der Waals surface area contributed by atoms with Crippen LogP contribution < -0.4 is 10.2 Å². The van der Waals surface area contributed by atoms with Crippen LogP contribution in [0.4, 0.5) is 10.5 Å². The molecule has 0 atom stereocenters. The molecule has 5 nitrogen and oxygen atoms in total. The number of amides is 3. The predicted octanol–water partition coefficient (Wildman–Crippen LogP) is 1.45. The van der Waals surface area contributed by atoms with Gasteiger partial charge < -0.3 is 9.80 Å². The number of carbonyl (C=O) groups is 2. The predicted molar refractivity (Wildman–Crippen MR) is 74.0 cm³/mol. The second kappa shape index (κ2) is 4.91. The molecule has 3 rings (SSSR count). The first-order chi connectivity index (χ1) is 9.24. The van der Waals surface area contributed by atoms with E-state index < -0.39 is 0 Å². The molecule has 1 N–H and O–H groups in total. The SMILES string of the molecule is O=C1CN(C2CCN(c3ccccc3)CC2)C(=O)N1.[HH]. The Balaban J connectivity index is 0.00000147. The summed E-state index contributed by atoms with van der Waals surface area (Å²) in [4.78, 5) is 26.8. The summed E-state index contributed by atoms with van der Waals surface area (Å²) >= 11 is 0. The van der Waals surface area contributed by atoms with Gasteiger partial charge in [-0.05, 0) is 25.0 Å². The lowest BCUT2D eigenvalue weighted by atomic mass is 10.0. The number of imide groups is 1. The maximum atomic E-state index is 11.6. The number of rotatable bonds is 2. The summed E-state index contributed by atoms with van der Waals surface area (Å²) in [6, 6.07) is 10.2. The maximum Gasteiger partial charge on any atom is 0.324 e. The fourth-order valence-corrected chi connectivity index (χ4v) is 2.83. The largest absolute Gasteiger partial charge is 0.371 e. The fourth-order valence-electron chi connectivity index (χ4n) is 2.83. The Morgan fingerprint density at radius 3 is 2.37 bits per heavy atom. The smallest absolute Gasteiger partial charge is 0.324 e. The number of nitrogens with zero attached hydrogens (tertiary/aromatic N) is 2. The highest BCUT2D eigenvalue weighted by Crippen LogP contribution is 2.23. The maximum absolute atomic E-state index is 11.6. The Morgan fingerprint density at radius 2 is 1.79 bits per heavy atom. The molecule has 0 bridgehead atoms. The molecule has 1 aromatic rings. The summed E-state index contributed by atoms with van der Waals surface area (Å²) in [6.45, 7) is 2.06. The highest BCUT2D eigenvalue weighted by atomic mass is 16.2. The van der Waals surface area contributed by atoms with Crippen LogP contribution in [0.2, 0.25) is 0 Å². The van der Waals surface area contributed by atoms with Crippen molar-refractivity contribution >= 4 is 17.6 Å². The Morgan fingerprint density at radius 1 is 1.11 bits per heavy atom. The summed E-state index contributed by atoms with van der Waals surface area (Å²) in [5.74, 6) is -0.185. The second-order valence-electron chi connectivity index (χ2n) is 5.04. The van der Waals surface area contributed by atoms with Crippen LogP contribution in [0.15, 0.2) is 30.3 Å². The monoisotopic (exact) mass is 261 g/mol. The minimum atomic E-state index is -0.233. The zero-order valence-electron chi connectivity index (χ0n) is 10.7. The van der Waals surface area contributed by atoms with Gasteiger partial charge >= 0.3 is 6.03 Å². The lowest BCUT2D eigenvalue weighted by Crippen LogP contribution is -2.46.